The second kappa shape index (κ2) is 6.26. The molecule has 1 aliphatic heterocycles. The van der Waals surface area contributed by atoms with Crippen molar-refractivity contribution in [3.05, 3.63) is 41.6 Å². The maximum atomic E-state index is 5.64. The highest BCUT2D eigenvalue weighted by Crippen LogP contribution is 2.34. The van der Waals surface area contributed by atoms with Gasteiger partial charge in [0, 0.05) is 12.5 Å². The number of rotatable bonds is 5. The van der Waals surface area contributed by atoms with Crippen LogP contribution in [0.3, 0.4) is 0 Å². The van der Waals surface area contributed by atoms with E-state index in [9.17, 15) is 0 Å². The van der Waals surface area contributed by atoms with Gasteiger partial charge in [0.1, 0.15) is 5.75 Å². The first-order valence-electron chi connectivity index (χ1n) is 7.49. The maximum Gasteiger partial charge on any atom is 0.230 e. The lowest BCUT2D eigenvalue weighted by Gasteiger charge is -2.23. The molecule has 0 saturated carbocycles. The summed E-state index contributed by atoms with van der Waals surface area (Å²) in [6.45, 7) is 3.80. The number of likely N-dealkylation sites (tertiary alicyclic amines) is 1. The number of benzene rings is 1. The lowest BCUT2D eigenvalue weighted by Crippen LogP contribution is -2.23. The van der Waals surface area contributed by atoms with Gasteiger partial charge in [-0.05, 0) is 37.1 Å². The van der Waals surface area contributed by atoms with Crippen LogP contribution in [0.25, 0.3) is 0 Å². The van der Waals surface area contributed by atoms with Crippen molar-refractivity contribution in [2.75, 3.05) is 13.7 Å². The Balaban J connectivity index is 1.75. The fourth-order valence-electron chi connectivity index (χ4n) is 2.91. The molecule has 1 aromatic carbocycles. The monoisotopic (exact) mass is 287 g/mol. The van der Waals surface area contributed by atoms with Crippen LogP contribution in [-0.4, -0.2) is 28.8 Å². The molecule has 5 heteroatoms. The molecular weight excluding hydrogens is 266 g/mol. The first-order valence-corrected chi connectivity index (χ1v) is 7.49. The van der Waals surface area contributed by atoms with E-state index in [1.165, 1.54) is 12.0 Å². The van der Waals surface area contributed by atoms with Gasteiger partial charge in [-0.3, -0.25) is 4.90 Å². The zero-order chi connectivity index (χ0) is 14.7. The number of aryl methyl sites for hydroxylation is 1. The summed E-state index contributed by atoms with van der Waals surface area (Å²) in [6, 6.07) is 8.71. The smallest absolute Gasteiger partial charge is 0.230 e. The average Bonchev–Trinajstić information content (AvgIpc) is 3.17. The third-order valence-electron chi connectivity index (χ3n) is 3.99. The molecule has 0 bridgehead atoms. The first kappa shape index (κ1) is 14.1. The van der Waals surface area contributed by atoms with Gasteiger partial charge in [0.05, 0.1) is 13.7 Å². The highest BCUT2D eigenvalue weighted by atomic mass is 16.5. The summed E-state index contributed by atoms with van der Waals surface area (Å²) in [5, 5.41) is 8.17. The number of hydrogen-bond donors (Lipinski definition) is 0. The molecule has 5 nitrogen and oxygen atoms in total. The largest absolute Gasteiger partial charge is 0.497 e. The summed E-state index contributed by atoms with van der Waals surface area (Å²) >= 11 is 0. The Morgan fingerprint density at radius 3 is 2.95 bits per heavy atom. The second-order valence-corrected chi connectivity index (χ2v) is 5.35. The number of nitrogens with zero attached hydrogens (tertiary/aromatic N) is 3. The van der Waals surface area contributed by atoms with Gasteiger partial charge in [-0.15, -0.1) is 10.2 Å². The molecule has 1 saturated heterocycles. The zero-order valence-corrected chi connectivity index (χ0v) is 12.6. The highest BCUT2D eigenvalue weighted by molar-refractivity contribution is 5.31. The van der Waals surface area contributed by atoms with E-state index in [1.54, 1.807) is 7.11 Å². The normalized spacial score (nSPS) is 19.0. The van der Waals surface area contributed by atoms with Crippen LogP contribution >= 0.6 is 0 Å². The Bertz CT molecular complexity index is 597. The van der Waals surface area contributed by atoms with Crippen LogP contribution in [-0.2, 0) is 13.0 Å². The van der Waals surface area contributed by atoms with Crippen LogP contribution in [0.15, 0.2) is 28.7 Å². The molecule has 1 aliphatic rings. The molecule has 0 aliphatic carbocycles. The van der Waals surface area contributed by atoms with Crippen molar-refractivity contribution in [2.24, 2.45) is 0 Å². The fraction of sp³-hybridized carbons (Fsp3) is 0.500. The molecule has 2 aromatic rings. The summed E-state index contributed by atoms with van der Waals surface area (Å²) in [4.78, 5) is 2.40. The van der Waals surface area contributed by atoms with E-state index in [2.05, 4.69) is 27.2 Å². The highest BCUT2D eigenvalue weighted by Gasteiger charge is 2.27. The summed E-state index contributed by atoms with van der Waals surface area (Å²) in [5.41, 5.74) is 1.29. The average molecular weight is 287 g/mol. The quantitative estimate of drug-likeness (QED) is 0.846. The van der Waals surface area contributed by atoms with E-state index in [0.717, 1.165) is 31.7 Å². The first-order chi connectivity index (χ1) is 10.3. The minimum atomic E-state index is 0.400. The molecule has 3 rings (SSSR count). The third-order valence-corrected chi connectivity index (χ3v) is 3.99. The lowest BCUT2D eigenvalue weighted by atomic mass is 10.0. The minimum absolute atomic E-state index is 0.400. The molecule has 0 spiro atoms. The Morgan fingerprint density at radius 2 is 2.19 bits per heavy atom. The van der Waals surface area contributed by atoms with Gasteiger partial charge in [0.25, 0.3) is 0 Å². The number of ether oxygens (including phenoxy) is 1. The van der Waals surface area contributed by atoms with Crippen molar-refractivity contribution in [1.29, 1.82) is 0 Å². The SMILES string of the molecule is CCc1nnc(CN2CCCC2c2cccc(OC)c2)o1. The van der Waals surface area contributed by atoms with E-state index in [1.807, 2.05) is 19.1 Å². The number of methoxy groups -OCH3 is 1. The standard InChI is InChI=1S/C16H21N3O2/c1-3-15-17-18-16(21-15)11-19-9-5-8-14(19)12-6-4-7-13(10-12)20-2/h4,6-7,10,14H,3,5,8-9,11H2,1-2H3. The molecule has 1 unspecified atom stereocenters. The van der Waals surface area contributed by atoms with Crippen molar-refractivity contribution in [1.82, 2.24) is 15.1 Å². The van der Waals surface area contributed by atoms with Gasteiger partial charge in [-0.2, -0.15) is 0 Å². The van der Waals surface area contributed by atoms with E-state index in [4.69, 9.17) is 9.15 Å². The van der Waals surface area contributed by atoms with Gasteiger partial charge in [0.15, 0.2) is 0 Å². The van der Waals surface area contributed by atoms with Crippen molar-refractivity contribution in [2.45, 2.75) is 38.8 Å². The van der Waals surface area contributed by atoms with Gasteiger partial charge < -0.3 is 9.15 Å². The summed E-state index contributed by atoms with van der Waals surface area (Å²) in [6.07, 6.45) is 3.13. The van der Waals surface area contributed by atoms with Crippen molar-refractivity contribution >= 4 is 0 Å². The van der Waals surface area contributed by atoms with Gasteiger partial charge in [-0.1, -0.05) is 19.1 Å². The fourth-order valence-corrected chi connectivity index (χ4v) is 2.91. The van der Waals surface area contributed by atoms with Crippen LogP contribution in [0, 0.1) is 0 Å². The zero-order valence-electron chi connectivity index (χ0n) is 12.6. The van der Waals surface area contributed by atoms with Crippen molar-refractivity contribution in [3.8, 4) is 5.75 Å². The number of aromatic nitrogens is 2. The van der Waals surface area contributed by atoms with Crippen LogP contribution in [0.1, 0.15) is 43.2 Å². The molecular formula is C16H21N3O2. The topological polar surface area (TPSA) is 51.4 Å². The summed E-state index contributed by atoms with van der Waals surface area (Å²) in [5.74, 6) is 2.33. The van der Waals surface area contributed by atoms with E-state index in [0.29, 0.717) is 17.8 Å². The van der Waals surface area contributed by atoms with Crippen molar-refractivity contribution < 1.29 is 9.15 Å². The molecule has 21 heavy (non-hydrogen) atoms. The molecule has 112 valence electrons. The Morgan fingerprint density at radius 1 is 1.33 bits per heavy atom. The summed E-state index contributed by atoms with van der Waals surface area (Å²) < 4.78 is 11.0. The predicted molar refractivity (Wildman–Crippen MR) is 79.1 cm³/mol. The van der Waals surface area contributed by atoms with E-state index >= 15 is 0 Å². The lowest BCUT2D eigenvalue weighted by molar-refractivity contribution is 0.221. The third kappa shape index (κ3) is 3.08. The molecule has 0 radical (unpaired) electrons. The molecule has 2 heterocycles. The van der Waals surface area contributed by atoms with Crippen molar-refractivity contribution in [3.63, 3.8) is 0 Å². The van der Waals surface area contributed by atoms with Gasteiger partial charge in [-0.25, -0.2) is 0 Å². The molecule has 1 aromatic heterocycles. The Kier molecular flexibility index (Phi) is 4.20. The van der Waals surface area contributed by atoms with Crippen LogP contribution in [0.5, 0.6) is 5.75 Å². The molecule has 1 fully saturated rings. The predicted octanol–water partition coefficient (Wildman–Crippen LogP) is 2.98. The van der Waals surface area contributed by atoms with Crippen LogP contribution < -0.4 is 4.74 Å². The van der Waals surface area contributed by atoms with E-state index in [-0.39, 0.29) is 0 Å². The molecule has 0 amide bonds. The number of hydrogen-bond acceptors (Lipinski definition) is 5. The Hall–Kier alpha value is -1.88. The maximum absolute atomic E-state index is 5.64. The second-order valence-electron chi connectivity index (χ2n) is 5.35. The molecule has 0 N–H and O–H groups in total. The van der Waals surface area contributed by atoms with Gasteiger partial charge in [0.2, 0.25) is 11.8 Å². The van der Waals surface area contributed by atoms with Crippen LogP contribution in [0.2, 0.25) is 0 Å². The Labute approximate surface area is 124 Å². The molecule has 1 atom stereocenters. The summed E-state index contributed by atoms with van der Waals surface area (Å²) in [7, 11) is 1.70. The van der Waals surface area contributed by atoms with E-state index < -0.39 is 0 Å². The van der Waals surface area contributed by atoms with Gasteiger partial charge >= 0.3 is 0 Å². The van der Waals surface area contributed by atoms with Crippen LogP contribution in [0.4, 0.5) is 0 Å². The minimum Gasteiger partial charge on any atom is -0.497 e.